The number of H-pyrrole nitrogens is 1. The maximum absolute atomic E-state index is 13.4. The van der Waals surface area contributed by atoms with E-state index in [1.54, 1.807) is 26.4 Å². The van der Waals surface area contributed by atoms with E-state index in [4.69, 9.17) is 9.47 Å². The zero-order valence-corrected chi connectivity index (χ0v) is 16.8. The molecule has 5 heteroatoms. The number of nitrogens with one attached hydrogen (secondary N) is 1. The highest BCUT2D eigenvalue weighted by Gasteiger charge is 2.28. The molecule has 2 heterocycles. The molecule has 0 spiro atoms. The van der Waals surface area contributed by atoms with Gasteiger partial charge in [0, 0.05) is 41.7 Å². The van der Waals surface area contributed by atoms with Crippen molar-refractivity contribution in [1.29, 1.82) is 0 Å². The number of nitrogens with zero attached hydrogens (tertiary/aromatic N) is 1. The van der Waals surface area contributed by atoms with E-state index < -0.39 is 0 Å². The van der Waals surface area contributed by atoms with Gasteiger partial charge in [-0.2, -0.15) is 0 Å². The summed E-state index contributed by atoms with van der Waals surface area (Å²) in [6.45, 7) is 5.64. The van der Waals surface area contributed by atoms with Crippen molar-refractivity contribution in [3.63, 3.8) is 0 Å². The fourth-order valence-corrected chi connectivity index (χ4v) is 3.98. The van der Waals surface area contributed by atoms with Crippen molar-refractivity contribution in [2.45, 2.75) is 32.7 Å². The SMILES string of the molecule is COc1cccc(OC)c1C(=O)N1CCc2[nH]c3ccc(C(C)C)cc3c2C1. The van der Waals surface area contributed by atoms with Gasteiger partial charge in [0.2, 0.25) is 0 Å². The first-order valence-electron chi connectivity index (χ1n) is 9.67. The Morgan fingerprint density at radius 2 is 1.82 bits per heavy atom. The maximum atomic E-state index is 13.4. The van der Waals surface area contributed by atoms with Crippen molar-refractivity contribution in [3.8, 4) is 11.5 Å². The summed E-state index contributed by atoms with van der Waals surface area (Å²) in [5.41, 5.74) is 5.37. The Labute approximate surface area is 165 Å². The van der Waals surface area contributed by atoms with Gasteiger partial charge in [0.05, 0.1) is 14.2 Å². The molecule has 0 saturated heterocycles. The van der Waals surface area contributed by atoms with Crippen LogP contribution in [0.1, 0.15) is 46.9 Å². The van der Waals surface area contributed by atoms with Crippen LogP contribution in [0, 0.1) is 0 Å². The molecule has 0 aliphatic carbocycles. The normalized spacial score (nSPS) is 13.7. The zero-order valence-electron chi connectivity index (χ0n) is 16.8. The molecule has 0 bridgehead atoms. The van der Waals surface area contributed by atoms with Crippen LogP contribution in [-0.2, 0) is 13.0 Å². The van der Waals surface area contributed by atoms with Crippen molar-refractivity contribution in [1.82, 2.24) is 9.88 Å². The average Bonchev–Trinajstić information content (AvgIpc) is 3.09. The first kappa shape index (κ1) is 18.4. The number of benzene rings is 2. The summed E-state index contributed by atoms with van der Waals surface area (Å²) >= 11 is 0. The van der Waals surface area contributed by atoms with Gasteiger partial charge in [-0.15, -0.1) is 0 Å². The van der Waals surface area contributed by atoms with Crippen LogP contribution in [0.2, 0.25) is 0 Å². The highest BCUT2D eigenvalue weighted by Crippen LogP contribution is 2.34. The quantitative estimate of drug-likeness (QED) is 0.727. The van der Waals surface area contributed by atoms with Crippen LogP contribution in [-0.4, -0.2) is 36.6 Å². The van der Waals surface area contributed by atoms with Crippen molar-refractivity contribution in [2.24, 2.45) is 0 Å². The minimum absolute atomic E-state index is 0.0608. The third-order valence-electron chi connectivity index (χ3n) is 5.59. The molecular formula is C23H26N2O3. The van der Waals surface area contributed by atoms with Crippen LogP contribution in [0.3, 0.4) is 0 Å². The lowest BCUT2D eigenvalue weighted by atomic mass is 9.98. The predicted molar refractivity (Wildman–Crippen MR) is 110 cm³/mol. The Bertz CT molecular complexity index is 1010. The lowest BCUT2D eigenvalue weighted by Crippen LogP contribution is -2.36. The first-order chi connectivity index (χ1) is 13.5. The second kappa shape index (κ2) is 7.23. The molecule has 1 aliphatic rings. The first-order valence-corrected chi connectivity index (χ1v) is 9.67. The molecule has 1 aliphatic heterocycles. The van der Waals surface area contributed by atoms with Crippen LogP contribution in [0.5, 0.6) is 11.5 Å². The highest BCUT2D eigenvalue weighted by atomic mass is 16.5. The van der Waals surface area contributed by atoms with Gasteiger partial charge in [0.15, 0.2) is 0 Å². The van der Waals surface area contributed by atoms with Gasteiger partial charge in [0.25, 0.3) is 5.91 Å². The molecule has 1 amide bonds. The van der Waals surface area contributed by atoms with Crippen molar-refractivity contribution < 1.29 is 14.3 Å². The number of carbonyl (C=O) groups is 1. The molecule has 4 rings (SSSR count). The number of amides is 1. The molecule has 0 fully saturated rings. The molecule has 0 saturated carbocycles. The Balaban J connectivity index is 1.72. The lowest BCUT2D eigenvalue weighted by Gasteiger charge is -2.28. The number of rotatable bonds is 4. The minimum atomic E-state index is -0.0608. The molecule has 28 heavy (non-hydrogen) atoms. The van der Waals surface area contributed by atoms with Gasteiger partial charge in [-0.3, -0.25) is 4.79 Å². The Morgan fingerprint density at radius 1 is 1.11 bits per heavy atom. The Kier molecular flexibility index (Phi) is 4.75. The molecule has 146 valence electrons. The monoisotopic (exact) mass is 378 g/mol. The second-order valence-corrected chi connectivity index (χ2v) is 7.56. The highest BCUT2D eigenvalue weighted by molar-refractivity contribution is 6.00. The van der Waals surface area contributed by atoms with E-state index in [0.29, 0.717) is 36.1 Å². The van der Waals surface area contributed by atoms with E-state index in [9.17, 15) is 4.79 Å². The van der Waals surface area contributed by atoms with E-state index in [0.717, 1.165) is 11.9 Å². The van der Waals surface area contributed by atoms with Gasteiger partial charge in [-0.25, -0.2) is 0 Å². The lowest BCUT2D eigenvalue weighted by molar-refractivity contribution is 0.0728. The van der Waals surface area contributed by atoms with E-state index >= 15 is 0 Å². The third kappa shape index (κ3) is 3.01. The van der Waals surface area contributed by atoms with Crippen LogP contribution < -0.4 is 9.47 Å². The molecular weight excluding hydrogens is 352 g/mol. The Hall–Kier alpha value is -2.95. The van der Waals surface area contributed by atoms with Crippen molar-refractivity contribution in [3.05, 3.63) is 58.8 Å². The summed E-state index contributed by atoms with van der Waals surface area (Å²) in [6, 6.07) is 12.0. The van der Waals surface area contributed by atoms with Gasteiger partial charge in [0.1, 0.15) is 17.1 Å². The van der Waals surface area contributed by atoms with Gasteiger partial charge in [-0.05, 0) is 35.7 Å². The van der Waals surface area contributed by atoms with Gasteiger partial charge < -0.3 is 19.4 Å². The number of aromatic amines is 1. The smallest absolute Gasteiger partial charge is 0.261 e. The summed E-state index contributed by atoms with van der Waals surface area (Å²) in [5.74, 6) is 1.48. The zero-order chi connectivity index (χ0) is 19.8. The number of aromatic nitrogens is 1. The molecule has 1 N–H and O–H groups in total. The summed E-state index contributed by atoms with van der Waals surface area (Å²) in [5, 5.41) is 1.21. The molecule has 3 aromatic rings. The molecule has 0 atom stereocenters. The van der Waals surface area contributed by atoms with E-state index in [-0.39, 0.29) is 5.91 Å². The van der Waals surface area contributed by atoms with E-state index in [2.05, 4.69) is 37.0 Å². The largest absolute Gasteiger partial charge is 0.496 e. The Morgan fingerprint density at radius 3 is 2.46 bits per heavy atom. The minimum Gasteiger partial charge on any atom is -0.496 e. The third-order valence-corrected chi connectivity index (χ3v) is 5.59. The number of carbonyl (C=O) groups excluding carboxylic acids is 1. The summed E-state index contributed by atoms with van der Waals surface area (Å²) in [4.78, 5) is 18.8. The molecule has 0 radical (unpaired) electrons. The molecule has 0 unspecified atom stereocenters. The number of fused-ring (bicyclic) bond motifs is 3. The molecule has 1 aromatic heterocycles. The number of ether oxygens (including phenoxy) is 2. The van der Waals surface area contributed by atoms with Crippen LogP contribution in [0.15, 0.2) is 36.4 Å². The number of methoxy groups -OCH3 is 2. The summed E-state index contributed by atoms with van der Waals surface area (Å²) in [7, 11) is 3.15. The van der Waals surface area contributed by atoms with Crippen molar-refractivity contribution >= 4 is 16.8 Å². The molecule has 2 aromatic carbocycles. The van der Waals surface area contributed by atoms with E-state index in [1.165, 1.54) is 22.2 Å². The van der Waals surface area contributed by atoms with Crippen LogP contribution >= 0.6 is 0 Å². The average molecular weight is 378 g/mol. The van der Waals surface area contributed by atoms with Gasteiger partial charge in [-0.1, -0.05) is 26.0 Å². The van der Waals surface area contributed by atoms with Crippen LogP contribution in [0.25, 0.3) is 10.9 Å². The number of hydrogen-bond acceptors (Lipinski definition) is 3. The summed E-state index contributed by atoms with van der Waals surface area (Å²) < 4.78 is 10.9. The van der Waals surface area contributed by atoms with E-state index in [1.807, 2.05) is 11.0 Å². The fraction of sp³-hybridized carbons (Fsp3) is 0.348. The summed E-state index contributed by atoms with van der Waals surface area (Å²) in [6.07, 6.45) is 0.810. The molecule has 5 nitrogen and oxygen atoms in total. The maximum Gasteiger partial charge on any atom is 0.261 e. The van der Waals surface area contributed by atoms with Crippen molar-refractivity contribution in [2.75, 3.05) is 20.8 Å². The number of hydrogen-bond donors (Lipinski definition) is 1. The predicted octanol–water partition coefficient (Wildman–Crippen LogP) is 4.51. The van der Waals surface area contributed by atoms with Gasteiger partial charge >= 0.3 is 0 Å². The second-order valence-electron chi connectivity index (χ2n) is 7.56. The standard InChI is InChI=1S/C23H26N2O3/c1-14(2)15-8-9-18-16(12-15)17-13-25(11-10-19(17)24-18)23(26)22-20(27-3)6-5-7-21(22)28-4/h5-9,12,14,24H,10-11,13H2,1-4H3. The van der Waals surface area contributed by atoms with Crippen LogP contribution in [0.4, 0.5) is 0 Å². The topological polar surface area (TPSA) is 54.6 Å². The fourth-order valence-electron chi connectivity index (χ4n) is 3.98.